The fraction of sp³-hybridized carbons (Fsp3) is 0.300. The van der Waals surface area contributed by atoms with Crippen molar-refractivity contribution in [2.24, 2.45) is 0 Å². The van der Waals surface area contributed by atoms with Crippen molar-refractivity contribution >= 4 is 15.9 Å². The number of nitrogens with zero attached hydrogens (tertiary/aromatic N) is 3. The van der Waals surface area contributed by atoms with E-state index in [9.17, 15) is 18.0 Å². The quantitative estimate of drug-likeness (QED) is 0.472. The van der Waals surface area contributed by atoms with Crippen molar-refractivity contribution in [2.45, 2.75) is 37.3 Å². The van der Waals surface area contributed by atoms with Crippen LogP contribution in [0, 0.1) is 0 Å². The highest BCUT2D eigenvalue weighted by molar-refractivity contribution is 9.09. The van der Waals surface area contributed by atoms with Crippen LogP contribution in [-0.2, 0) is 12.7 Å². The first kappa shape index (κ1) is 20.4. The Morgan fingerprint density at radius 1 is 1.07 bits per heavy atom. The lowest BCUT2D eigenvalue weighted by Gasteiger charge is -2.11. The van der Waals surface area contributed by atoms with Crippen LogP contribution in [0.3, 0.4) is 0 Å². The van der Waals surface area contributed by atoms with E-state index in [1.165, 1.54) is 12.1 Å². The summed E-state index contributed by atoms with van der Waals surface area (Å²) in [4.78, 5) is 12.6. The van der Waals surface area contributed by atoms with Gasteiger partial charge in [0.25, 0.3) is 0 Å². The molecule has 1 unspecified atom stereocenters. The number of hydrogen-bond donors (Lipinski definition) is 0. The molecule has 8 heteroatoms. The molecule has 1 aromatic heterocycles. The first-order valence-corrected chi connectivity index (χ1v) is 9.81. The maximum absolute atomic E-state index is 12.9. The lowest BCUT2D eigenvalue weighted by atomic mass is 10.1. The molecule has 0 spiro atoms. The van der Waals surface area contributed by atoms with Crippen molar-refractivity contribution in [3.8, 4) is 5.69 Å². The van der Waals surface area contributed by atoms with Crippen molar-refractivity contribution in [3.63, 3.8) is 0 Å². The van der Waals surface area contributed by atoms with Crippen LogP contribution in [0.5, 0.6) is 0 Å². The Morgan fingerprint density at radius 3 is 2.29 bits per heavy atom. The first-order valence-electron chi connectivity index (χ1n) is 8.89. The summed E-state index contributed by atoms with van der Waals surface area (Å²) in [6.45, 7) is 2.51. The molecule has 0 saturated carbocycles. The molecule has 0 N–H and O–H groups in total. The maximum Gasteiger partial charge on any atom is 0.416 e. The summed E-state index contributed by atoms with van der Waals surface area (Å²) in [6, 6.07) is 14.0. The fourth-order valence-electron chi connectivity index (χ4n) is 2.86. The van der Waals surface area contributed by atoms with Crippen molar-refractivity contribution < 1.29 is 13.2 Å². The molecule has 1 heterocycles. The molecule has 148 valence electrons. The molecule has 0 saturated heterocycles. The maximum atomic E-state index is 12.9. The molecule has 0 aliphatic rings. The zero-order chi connectivity index (χ0) is 20.3. The minimum absolute atomic E-state index is 0.294. The minimum Gasteiger partial charge on any atom is -0.277 e. The molecule has 0 aliphatic heterocycles. The average Bonchev–Trinajstić information content (AvgIpc) is 3.02. The lowest BCUT2D eigenvalue weighted by molar-refractivity contribution is -0.137. The van der Waals surface area contributed by atoms with E-state index in [-0.39, 0.29) is 10.5 Å². The van der Waals surface area contributed by atoms with Crippen molar-refractivity contribution in [2.75, 3.05) is 0 Å². The van der Waals surface area contributed by atoms with E-state index in [4.69, 9.17) is 0 Å². The minimum atomic E-state index is -4.43. The highest BCUT2D eigenvalue weighted by Gasteiger charge is 2.30. The fourth-order valence-corrected chi connectivity index (χ4v) is 3.50. The van der Waals surface area contributed by atoms with Crippen LogP contribution in [0.15, 0.2) is 59.4 Å². The second-order valence-corrected chi connectivity index (χ2v) is 7.29. The third-order valence-corrected chi connectivity index (χ3v) is 5.32. The van der Waals surface area contributed by atoms with Gasteiger partial charge in [0, 0.05) is 6.54 Å². The van der Waals surface area contributed by atoms with Gasteiger partial charge in [-0.25, -0.2) is 4.79 Å². The molecule has 3 rings (SSSR count). The smallest absolute Gasteiger partial charge is 0.277 e. The number of hydrogen-bond acceptors (Lipinski definition) is 2. The molecule has 4 nitrogen and oxygen atoms in total. The van der Waals surface area contributed by atoms with E-state index in [0.717, 1.165) is 35.2 Å². The largest absolute Gasteiger partial charge is 0.416 e. The predicted octanol–water partition coefficient (Wildman–Crippen LogP) is 5.34. The average molecular weight is 454 g/mol. The monoisotopic (exact) mass is 453 g/mol. The van der Waals surface area contributed by atoms with Gasteiger partial charge in [0.15, 0.2) is 5.82 Å². The molecule has 1 atom stereocenters. The summed E-state index contributed by atoms with van der Waals surface area (Å²) in [7, 11) is 0. The van der Waals surface area contributed by atoms with E-state index in [2.05, 4.69) is 21.0 Å². The summed E-state index contributed by atoms with van der Waals surface area (Å²) in [5, 5.41) is 4.44. The Kier molecular flexibility index (Phi) is 6.07. The molecular weight excluding hydrogens is 435 g/mol. The summed E-state index contributed by atoms with van der Waals surface area (Å²) in [5.74, 6) is 0.518. The Bertz CT molecular complexity index is 979. The van der Waals surface area contributed by atoms with Crippen LogP contribution >= 0.6 is 15.9 Å². The van der Waals surface area contributed by atoms with Crippen LogP contribution in [0.2, 0.25) is 0 Å². The third-order valence-electron chi connectivity index (χ3n) is 4.38. The second-order valence-electron chi connectivity index (χ2n) is 6.38. The summed E-state index contributed by atoms with van der Waals surface area (Å²) < 4.78 is 41.2. The number of unbranched alkanes of at least 4 members (excludes halogenated alkanes) is 1. The van der Waals surface area contributed by atoms with Crippen LogP contribution < -0.4 is 5.69 Å². The number of alkyl halides is 4. The van der Waals surface area contributed by atoms with Gasteiger partial charge in [0.1, 0.15) is 0 Å². The van der Waals surface area contributed by atoms with Crippen molar-refractivity contribution in [1.29, 1.82) is 0 Å². The summed E-state index contributed by atoms with van der Waals surface area (Å²) in [5.41, 5.74) is 0.0910. The molecule has 0 fully saturated rings. The van der Waals surface area contributed by atoms with E-state index in [1.807, 2.05) is 37.3 Å². The zero-order valence-corrected chi connectivity index (χ0v) is 16.7. The zero-order valence-electron chi connectivity index (χ0n) is 15.2. The molecule has 0 amide bonds. The van der Waals surface area contributed by atoms with Gasteiger partial charge in [0.2, 0.25) is 0 Å². The van der Waals surface area contributed by atoms with Gasteiger partial charge >= 0.3 is 11.9 Å². The van der Waals surface area contributed by atoms with Gasteiger partial charge in [-0.1, -0.05) is 59.6 Å². The second kappa shape index (κ2) is 8.34. The Balaban J connectivity index is 2.05. The topological polar surface area (TPSA) is 39.8 Å². The van der Waals surface area contributed by atoms with Gasteiger partial charge in [0.05, 0.1) is 16.1 Å². The molecule has 0 aliphatic carbocycles. The van der Waals surface area contributed by atoms with E-state index < -0.39 is 11.7 Å². The van der Waals surface area contributed by atoms with Crippen LogP contribution in [-0.4, -0.2) is 14.3 Å². The molecule has 0 radical (unpaired) electrons. The number of halogens is 4. The molecule has 0 bridgehead atoms. The standard InChI is InChI=1S/C20H19BrF3N3O/c1-2-3-13-26-18(17(21)14-7-5-4-6-8-14)25-27(19(26)28)16-11-9-15(10-12-16)20(22,23)24/h4-12,17H,2-3,13H2,1H3. The van der Waals surface area contributed by atoms with Gasteiger partial charge in [-0.05, 0) is 36.2 Å². The van der Waals surface area contributed by atoms with E-state index in [0.29, 0.717) is 18.1 Å². The van der Waals surface area contributed by atoms with E-state index in [1.54, 1.807) is 4.57 Å². The number of benzene rings is 2. The Hall–Kier alpha value is -2.35. The van der Waals surface area contributed by atoms with Crippen LogP contribution in [0.1, 0.15) is 41.5 Å². The van der Waals surface area contributed by atoms with E-state index >= 15 is 0 Å². The Morgan fingerprint density at radius 2 is 1.71 bits per heavy atom. The number of aromatic nitrogens is 3. The van der Waals surface area contributed by atoms with Gasteiger partial charge in [-0.2, -0.15) is 17.9 Å². The van der Waals surface area contributed by atoms with Crippen LogP contribution in [0.25, 0.3) is 5.69 Å². The van der Waals surface area contributed by atoms with Gasteiger partial charge < -0.3 is 0 Å². The highest BCUT2D eigenvalue weighted by Crippen LogP contribution is 2.31. The lowest BCUT2D eigenvalue weighted by Crippen LogP contribution is -2.25. The van der Waals surface area contributed by atoms with Gasteiger partial charge in [-0.15, -0.1) is 5.10 Å². The van der Waals surface area contributed by atoms with Crippen LogP contribution in [0.4, 0.5) is 13.2 Å². The predicted molar refractivity (Wildman–Crippen MR) is 105 cm³/mol. The normalized spacial score (nSPS) is 12.9. The molecule has 28 heavy (non-hydrogen) atoms. The first-order chi connectivity index (χ1) is 13.3. The molecule has 3 aromatic rings. The third kappa shape index (κ3) is 4.22. The van der Waals surface area contributed by atoms with Crippen molar-refractivity contribution in [3.05, 3.63) is 82.0 Å². The van der Waals surface area contributed by atoms with Crippen molar-refractivity contribution in [1.82, 2.24) is 14.3 Å². The Labute approximate surface area is 168 Å². The molecule has 2 aromatic carbocycles. The van der Waals surface area contributed by atoms with Gasteiger partial charge in [-0.3, -0.25) is 4.57 Å². The molecular formula is C20H19BrF3N3O. The SMILES string of the molecule is CCCCn1c(C(Br)c2ccccc2)nn(-c2ccc(C(F)(F)F)cc2)c1=O. The summed E-state index contributed by atoms with van der Waals surface area (Å²) in [6.07, 6.45) is -2.74. The number of rotatable bonds is 6. The highest BCUT2D eigenvalue weighted by atomic mass is 79.9. The summed E-state index contributed by atoms with van der Waals surface area (Å²) >= 11 is 3.61.